The zero-order valence-corrected chi connectivity index (χ0v) is 11.1. The van der Waals surface area contributed by atoms with Gasteiger partial charge in [-0.1, -0.05) is 26.2 Å². The van der Waals surface area contributed by atoms with Gasteiger partial charge in [0.1, 0.15) is 0 Å². The SMILES string of the molecule is CC#CCC1(C(=O)O)CCC(CCCC)CC1. The van der Waals surface area contributed by atoms with Crippen LogP contribution in [0.25, 0.3) is 0 Å². The molecule has 2 heteroatoms. The van der Waals surface area contributed by atoms with Crippen molar-refractivity contribution in [1.82, 2.24) is 0 Å². The van der Waals surface area contributed by atoms with Gasteiger partial charge >= 0.3 is 5.97 Å². The lowest BCUT2D eigenvalue weighted by molar-refractivity contribution is -0.151. The van der Waals surface area contributed by atoms with Crippen LogP contribution in [0, 0.1) is 23.2 Å². The Morgan fingerprint density at radius 1 is 1.41 bits per heavy atom. The summed E-state index contributed by atoms with van der Waals surface area (Å²) in [6, 6.07) is 0. The van der Waals surface area contributed by atoms with Crippen LogP contribution in [-0.2, 0) is 4.79 Å². The summed E-state index contributed by atoms with van der Waals surface area (Å²) in [4.78, 5) is 11.4. The minimum Gasteiger partial charge on any atom is -0.481 e. The molecule has 0 amide bonds. The fourth-order valence-electron chi connectivity index (χ4n) is 2.74. The summed E-state index contributed by atoms with van der Waals surface area (Å²) in [5, 5.41) is 9.41. The number of hydrogen-bond donors (Lipinski definition) is 1. The Kier molecular flexibility index (Phi) is 5.55. The predicted octanol–water partition coefficient (Wildman–Crippen LogP) is 3.85. The van der Waals surface area contributed by atoms with E-state index in [-0.39, 0.29) is 0 Å². The number of carboxylic acid groups (broad SMARTS) is 1. The molecule has 17 heavy (non-hydrogen) atoms. The highest BCUT2D eigenvalue weighted by atomic mass is 16.4. The number of aliphatic carboxylic acids is 1. The second-order valence-electron chi connectivity index (χ2n) is 5.27. The molecular weight excluding hydrogens is 212 g/mol. The third kappa shape index (κ3) is 3.77. The Morgan fingerprint density at radius 3 is 2.53 bits per heavy atom. The zero-order valence-electron chi connectivity index (χ0n) is 11.1. The number of rotatable bonds is 5. The minimum atomic E-state index is -0.644. The van der Waals surface area contributed by atoms with Gasteiger partial charge in [0, 0.05) is 6.42 Å². The first-order valence-corrected chi connectivity index (χ1v) is 6.77. The number of carboxylic acids is 1. The fraction of sp³-hybridized carbons (Fsp3) is 0.800. The maximum Gasteiger partial charge on any atom is 0.310 e. The highest BCUT2D eigenvalue weighted by Crippen LogP contribution is 2.43. The first-order chi connectivity index (χ1) is 8.14. The molecular formula is C15H24O2. The first-order valence-electron chi connectivity index (χ1n) is 6.77. The summed E-state index contributed by atoms with van der Waals surface area (Å²) >= 11 is 0. The number of hydrogen-bond acceptors (Lipinski definition) is 1. The van der Waals surface area contributed by atoms with Crippen molar-refractivity contribution < 1.29 is 9.90 Å². The molecule has 0 spiro atoms. The molecule has 0 saturated heterocycles. The topological polar surface area (TPSA) is 37.3 Å². The highest BCUT2D eigenvalue weighted by molar-refractivity contribution is 5.75. The van der Waals surface area contributed by atoms with E-state index in [0.29, 0.717) is 6.42 Å². The van der Waals surface area contributed by atoms with Gasteiger partial charge in [-0.3, -0.25) is 4.79 Å². The van der Waals surface area contributed by atoms with Crippen molar-refractivity contribution in [3.8, 4) is 11.8 Å². The van der Waals surface area contributed by atoms with E-state index in [9.17, 15) is 9.90 Å². The third-order valence-electron chi connectivity index (χ3n) is 4.09. The predicted molar refractivity (Wildman–Crippen MR) is 69.6 cm³/mol. The molecule has 1 aliphatic rings. The van der Waals surface area contributed by atoms with E-state index in [4.69, 9.17) is 0 Å². The van der Waals surface area contributed by atoms with E-state index in [1.807, 2.05) is 0 Å². The minimum absolute atomic E-state index is 0.527. The lowest BCUT2D eigenvalue weighted by atomic mass is 9.68. The first kappa shape index (κ1) is 14.1. The molecule has 1 fully saturated rings. The van der Waals surface area contributed by atoms with Crippen LogP contribution in [0.15, 0.2) is 0 Å². The Labute approximate surface area is 105 Å². The van der Waals surface area contributed by atoms with E-state index in [0.717, 1.165) is 31.6 Å². The maximum absolute atomic E-state index is 11.4. The van der Waals surface area contributed by atoms with Gasteiger partial charge in [-0.25, -0.2) is 0 Å². The van der Waals surface area contributed by atoms with E-state index in [1.165, 1.54) is 19.3 Å². The molecule has 1 saturated carbocycles. The average molecular weight is 236 g/mol. The summed E-state index contributed by atoms with van der Waals surface area (Å²) in [6.07, 6.45) is 8.07. The molecule has 1 aliphatic carbocycles. The Hall–Kier alpha value is -0.970. The van der Waals surface area contributed by atoms with Gasteiger partial charge in [0.15, 0.2) is 0 Å². The Morgan fingerprint density at radius 2 is 2.06 bits per heavy atom. The molecule has 0 aromatic carbocycles. The summed E-state index contributed by atoms with van der Waals surface area (Å²) < 4.78 is 0. The summed E-state index contributed by atoms with van der Waals surface area (Å²) in [6.45, 7) is 3.99. The van der Waals surface area contributed by atoms with Crippen molar-refractivity contribution in [3.05, 3.63) is 0 Å². The number of unbranched alkanes of at least 4 members (excludes halogenated alkanes) is 1. The second kappa shape index (κ2) is 6.69. The third-order valence-corrected chi connectivity index (χ3v) is 4.09. The fourth-order valence-corrected chi connectivity index (χ4v) is 2.74. The van der Waals surface area contributed by atoms with Gasteiger partial charge in [-0.15, -0.1) is 11.8 Å². The molecule has 0 heterocycles. The molecule has 0 unspecified atom stereocenters. The molecule has 1 N–H and O–H groups in total. The maximum atomic E-state index is 11.4. The second-order valence-corrected chi connectivity index (χ2v) is 5.27. The standard InChI is InChI=1S/C15H24O2/c1-3-5-7-13-8-11-15(12-9-13,14(16)17)10-6-4-2/h13H,3,5,7-12H2,1-2H3,(H,16,17). The van der Waals surface area contributed by atoms with Crippen LogP contribution in [-0.4, -0.2) is 11.1 Å². The van der Waals surface area contributed by atoms with Crippen molar-refractivity contribution >= 4 is 5.97 Å². The van der Waals surface area contributed by atoms with Crippen LogP contribution in [0.2, 0.25) is 0 Å². The van der Waals surface area contributed by atoms with Gasteiger partial charge in [-0.05, 0) is 38.5 Å². The van der Waals surface area contributed by atoms with Crippen LogP contribution < -0.4 is 0 Å². The van der Waals surface area contributed by atoms with Crippen LogP contribution in [0.5, 0.6) is 0 Å². The monoisotopic (exact) mass is 236 g/mol. The number of carbonyl (C=O) groups is 1. The lowest BCUT2D eigenvalue weighted by Gasteiger charge is -2.35. The summed E-state index contributed by atoms with van der Waals surface area (Å²) in [5.74, 6) is 5.90. The van der Waals surface area contributed by atoms with Crippen LogP contribution >= 0.6 is 0 Å². The zero-order chi connectivity index (χ0) is 12.7. The van der Waals surface area contributed by atoms with Crippen molar-refractivity contribution in [2.24, 2.45) is 11.3 Å². The summed E-state index contributed by atoms with van der Waals surface area (Å²) in [7, 11) is 0. The lowest BCUT2D eigenvalue weighted by Crippen LogP contribution is -2.35. The van der Waals surface area contributed by atoms with E-state index in [2.05, 4.69) is 18.8 Å². The van der Waals surface area contributed by atoms with Gasteiger partial charge in [0.25, 0.3) is 0 Å². The van der Waals surface area contributed by atoms with E-state index < -0.39 is 11.4 Å². The van der Waals surface area contributed by atoms with Crippen molar-refractivity contribution in [1.29, 1.82) is 0 Å². The Bertz CT molecular complexity index is 301. The summed E-state index contributed by atoms with van der Waals surface area (Å²) in [5.41, 5.74) is -0.550. The molecule has 0 aromatic rings. The van der Waals surface area contributed by atoms with E-state index in [1.54, 1.807) is 6.92 Å². The van der Waals surface area contributed by atoms with Crippen LogP contribution in [0.4, 0.5) is 0 Å². The smallest absolute Gasteiger partial charge is 0.310 e. The van der Waals surface area contributed by atoms with Crippen molar-refractivity contribution in [3.63, 3.8) is 0 Å². The molecule has 0 bridgehead atoms. The molecule has 2 nitrogen and oxygen atoms in total. The molecule has 0 aromatic heterocycles. The van der Waals surface area contributed by atoms with E-state index >= 15 is 0 Å². The molecule has 1 rings (SSSR count). The van der Waals surface area contributed by atoms with Gasteiger partial charge in [-0.2, -0.15) is 0 Å². The van der Waals surface area contributed by atoms with Crippen molar-refractivity contribution in [2.45, 2.75) is 65.2 Å². The average Bonchev–Trinajstić information content (AvgIpc) is 2.35. The van der Waals surface area contributed by atoms with Crippen LogP contribution in [0.3, 0.4) is 0 Å². The van der Waals surface area contributed by atoms with Gasteiger partial charge in [0.05, 0.1) is 5.41 Å². The van der Waals surface area contributed by atoms with Gasteiger partial charge < -0.3 is 5.11 Å². The normalized spacial score (nSPS) is 28.2. The molecule has 96 valence electrons. The quantitative estimate of drug-likeness (QED) is 0.736. The Balaban J connectivity index is 2.54. The van der Waals surface area contributed by atoms with Crippen LogP contribution in [0.1, 0.15) is 65.2 Å². The molecule has 0 radical (unpaired) electrons. The van der Waals surface area contributed by atoms with Crippen molar-refractivity contribution in [2.75, 3.05) is 0 Å². The highest BCUT2D eigenvalue weighted by Gasteiger charge is 2.41. The largest absolute Gasteiger partial charge is 0.481 e. The van der Waals surface area contributed by atoms with Gasteiger partial charge in [0.2, 0.25) is 0 Å². The molecule has 0 aliphatic heterocycles. The molecule has 0 atom stereocenters.